The molecular weight excluding hydrogens is 452 g/mol. The van der Waals surface area contributed by atoms with Gasteiger partial charge in [0.25, 0.3) is 0 Å². The number of fused-ring (bicyclic) bond motifs is 2. The van der Waals surface area contributed by atoms with Crippen molar-refractivity contribution in [2.24, 2.45) is 0 Å². The molecule has 6 rings (SSSR count). The molecule has 0 atom stereocenters. The van der Waals surface area contributed by atoms with Crippen molar-refractivity contribution < 1.29 is 9.47 Å². The van der Waals surface area contributed by atoms with E-state index in [0.29, 0.717) is 0 Å². The lowest BCUT2D eigenvalue weighted by Gasteiger charge is -2.25. The summed E-state index contributed by atoms with van der Waals surface area (Å²) in [5, 5.41) is 28.5. The van der Waals surface area contributed by atoms with Gasteiger partial charge in [0.1, 0.15) is 0 Å². The number of morpholine rings is 2. The highest BCUT2D eigenvalue weighted by Crippen LogP contribution is 2.29. The van der Waals surface area contributed by atoms with Crippen molar-refractivity contribution in [3.05, 3.63) is 11.6 Å². The molecule has 12 nitrogen and oxygen atoms in total. The molecule has 0 aromatic carbocycles. The van der Waals surface area contributed by atoms with Gasteiger partial charge in [0.05, 0.1) is 26.4 Å². The quantitative estimate of drug-likeness (QED) is 0.364. The number of hydrogen-bond acceptors (Lipinski definition) is 12. The summed E-state index contributed by atoms with van der Waals surface area (Å²) in [5.41, 5.74) is 0. The van der Waals surface area contributed by atoms with Crippen LogP contribution in [0.15, 0.2) is 0 Å². The lowest BCUT2D eigenvalue weighted by atomic mass is 10.3. The van der Waals surface area contributed by atoms with Gasteiger partial charge in [-0.1, -0.05) is 22.7 Å². The summed E-state index contributed by atoms with van der Waals surface area (Å²) in [5.74, 6) is 1.76. The second-order valence-electron chi connectivity index (χ2n) is 7.84. The Morgan fingerprint density at radius 1 is 0.625 bits per heavy atom. The standard InChI is InChI=1S/C18H24N10O2S2/c1(3-25-5-9-29-10-6-25)13-19-21-17-27(13)23-15(31-17)16-24-28-14(20-22-18(28)32-16)2-4-26-7-11-30-12-8-26/h1-12H2. The third-order valence-electron chi connectivity index (χ3n) is 5.80. The van der Waals surface area contributed by atoms with E-state index in [9.17, 15) is 0 Å². The maximum atomic E-state index is 5.42. The van der Waals surface area contributed by atoms with Crippen molar-refractivity contribution in [1.82, 2.24) is 49.4 Å². The molecule has 0 aliphatic carbocycles. The van der Waals surface area contributed by atoms with E-state index < -0.39 is 0 Å². The molecule has 2 aliphatic heterocycles. The second-order valence-corrected chi connectivity index (χ2v) is 9.76. The van der Waals surface area contributed by atoms with Crippen LogP contribution < -0.4 is 0 Å². The first kappa shape index (κ1) is 20.5. The van der Waals surface area contributed by atoms with Gasteiger partial charge in [-0.15, -0.1) is 20.4 Å². The molecule has 0 N–H and O–H groups in total. The summed E-state index contributed by atoms with van der Waals surface area (Å²) >= 11 is 3.00. The van der Waals surface area contributed by atoms with Gasteiger partial charge in [0, 0.05) is 52.1 Å². The predicted molar refractivity (Wildman–Crippen MR) is 118 cm³/mol. The van der Waals surface area contributed by atoms with Crippen LogP contribution in [0.5, 0.6) is 0 Å². The van der Waals surface area contributed by atoms with Gasteiger partial charge in [-0.05, 0) is 0 Å². The van der Waals surface area contributed by atoms with E-state index in [4.69, 9.17) is 19.7 Å². The van der Waals surface area contributed by atoms with E-state index in [-0.39, 0.29) is 0 Å². The molecule has 14 heteroatoms. The van der Waals surface area contributed by atoms with Gasteiger partial charge in [0.15, 0.2) is 21.7 Å². The van der Waals surface area contributed by atoms with Gasteiger partial charge in [-0.25, -0.2) is 0 Å². The highest BCUT2D eigenvalue weighted by atomic mass is 32.1. The summed E-state index contributed by atoms with van der Waals surface area (Å²) < 4.78 is 14.5. The Balaban J connectivity index is 1.17. The first-order chi connectivity index (χ1) is 15.8. The molecular formula is C18H24N10O2S2. The fourth-order valence-electron chi connectivity index (χ4n) is 3.97. The monoisotopic (exact) mass is 476 g/mol. The zero-order valence-electron chi connectivity index (χ0n) is 17.6. The van der Waals surface area contributed by atoms with Crippen molar-refractivity contribution >= 4 is 32.6 Å². The maximum absolute atomic E-state index is 5.42. The van der Waals surface area contributed by atoms with Crippen LogP contribution in [-0.2, 0) is 22.3 Å². The predicted octanol–water partition coefficient (Wildman–Crippen LogP) is 0.101. The highest BCUT2D eigenvalue weighted by molar-refractivity contribution is 7.26. The number of nitrogens with zero attached hydrogens (tertiary/aromatic N) is 10. The molecule has 6 heterocycles. The summed E-state index contributed by atoms with van der Waals surface area (Å²) in [4.78, 5) is 6.35. The Bertz CT molecular complexity index is 1090. The van der Waals surface area contributed by atoms with Crippen LogP contribution in [0.1, 0.15) is 11.6 Å². The topological polar surface area (TPSA) is 111 Å². The van der Waals surface area contributed by atoms with E-state index in [2.05, 4.69) is 30.2 Å². The Morgan fingerprint density at radius 3 is 1.50 bits per heavy atom. The zero-order chi connectivity index (χ0) is 21.3. The molecule has 2 aliphatic rings. The summed E-state index contributed by atoms with van der Waals surface area (Å²) in [6.07, 6.45) is 1.61. The van der Waals surface area contributed by atoms with Crippen LogP contribution in [0.2, 0.25) is 0 Å². The molecule has 2 fully saturated rings. The normalized spacial score (nSPS) is 18.9. The number of hydrogen-bond donors (Lipinski definition) is 0. The maximum Gasteiger partial charge on any atom is 0.235 e. The Morgan fingerprint density at radius 2 is 1.06 bits per heavy atom. The van der Waals surface area contributed by atoms with Crippen LogP contribution in [-0.4, -0.2) is 115 Å². The summed E-state index contributed by atoms with van der Waals surface area (Å²) in [7, 11) is 0. The Labute approximate surface area is 191 Å². The van der Waals surface area contributed by atoms with Crippen LogP contribution >= 0.6 is 22.7 Å². The molecule has 0 bridgehead atoms. The van der Waals surface area contributed by atoms with E-state index >= 15 is 0 Å². The van der Waals surface area contributed by atoms with E-state index in [1.165, 1.54) is 22.7 Å². The molecule has 0 unspecified atom stereocenters. The lowest BCUT2D eigenvalue weighted by molar-refractivity contribution is 0.0381. The molecule has 0 amide bonds. The molecule has 32 heavy (non-hydrogen) atoms. The fraction of sp³-hybridized carbons (Fsp3) is 0.667. The molecule has 4 aromatic heterocycles. The molecule has 0 radical (unpaired) electrons. The summed E-state index contributed by atoms with van der Waals surface area (Å²) in [6.45, 7) is 8.90. The fourth-order valence-corrected chi connectivity index (χ4v) is 5.69. The highest BCUT2D eigenvalue weighted by Gasteiger charge is 2.20. The van der Waals surface area contributed by atoms with Gasteiger partial charge in [0.2, 0.25) is 9.92 Å². The van der Waals surface area contributed by atoms with Gasteiger partial charge in [-0.3, -0.25) is 9.80 Å². The molecule has 0 spiro atoms. The van der Waals surface area contributed by atoms with Crippen LogP contribution in [0, 0.1) is 0 Å². The number of rotatable bonds is 7. The number of aromatic nitrogens is 8. The first-order valence-corrected chi connectivity index (χ1v) is 12.5. The van der Waals surface area contributed by atoms with Crippen LogP contribution in [0.25, 0.3) is 19.9 Å². The van der Waals surface area contributed by atoms with Crippen molar-refractivity contribution in [1.29, 1.82) is 0 Å². The molecule has 4 aromatic rings. The molecule has 0 saturated carbocycles. The Kier molecular flexibility index (Phi) is 5.79. The van der Waals surface area contributed by atoms with E-state index in [0.717, 1.165) is 110 Å². The average molecular weight is 477 g/mol. The minimum Gasteiger partial charge on any atom is -0.379 e. The first-order valence-electron chi connectivity index (χ1n) is 10.9. The minimum absolute atomic E-state index is 0.787. The number of ether oxygens (including phenoxy) is 2. The third kappa shape index (κ3) is 4.13. The zero-order valence-corrected chi connectivity index (χ0v) is 19.2. The van der Waals surface area contributed by atoms with Gasteiger partial charge >= 0.3 is 0 Å². The van der Waals surface area contributed by atoms with Gasteiger partial charge in [-0.2, -0.15) is 19.2 Å². The van der Waals surface area contributed by atoms with E-state index in [1.807, 2.05) is 9.03 Å². The SMILES string of the molecule is C1CN(CCc2nnc3sc(-c4nn5c(CCN6CCOCC6)nnc5s4)nn23)CCO1. The van der Waals surface area contributed by atoms with Crippen molar-refractivity contribution in [2.45, 2.75) is 12.8 Å². The summed E-state index contributed by atoms with van der Waals surface area (Å²) in [6, 6.07) is 0. The van der Waals surface area contributed by atoms with Crippen molar-refractivity contribution in [3.63, 3.8) is 0 Å². The van der Waals surface area contributed by atoms with Crippen LogP contribution in [0.3, 0.4) is 0 Å². The smallest absolute Gasteiger partial charge is 0.235 e. The van der Waals surface area contributed by atoms with Crippen LogP contribution in [0.4, 0.5) is 0 Å². The largest absolute Gasteiger partial charge is 0.379 e. The molecule has 2 saturated heterocycles. The Hall–Kier alpha value is -2.10. The molecule has 170 valence electrons. The van der Waals surface area contributed by atoms with Gasteiger partial charge < -0.3 is 9.47 Å². The van der Waals surface area contributed by atoms with Crippen molar-refractivity contribution in [2.75, 3.05) is 65.7 Å². The third-order valence-corrected chi connectivity index (χ3v) is 7.74. The minimum atomic E-state index is 0.787. The lowest BCUT2D eigenvalue weighted by Crippen LogP contribution is -2.37. The van der Waals surface area contributed by atoms with Crippen molar-refractivity contribution in [3.8, 4) is 10.0 Å². The second kappa shape index (κ2) is 9.03. The average Bonchev–Trinajstić information content (AvgIpc) is 3.59. The van der Waals surface area contributed by atoms with E-state index in [1.54, 1.807) is 0 Å².